The van der Waals surface area contributed by atoms with Crippen LogP contribution in [0.1, 0.15) is 39.5 Å². The minimum atomic E-state index is -1.84. The van der Waals surface area contributed by atoms with Gasteiger partial charge in [-0.3, -0.25) is 0 Å². The fourth-order valence-corrected chi connectivity index (χ4v) is 4.23. The molecule has 0 aromatic rings. The van der Waals surface area contributed by atoms with E-state index >= 15 is 0 Å². The predicted octanol–water partition coefficient (Wildman–Crippen LogP) is 2.65. The lowest BCUT2D eigenvalue weighted by Crippen LogP contribution is -2.38. The molecule has 0 unspecified atom stereocenters. The van der Waals surface area contributed by atoms with Crippen LogP contribution in [0.3, 0.4) is 0 Å². The lowest BCUT2D eigenvalue weighted by Gasteiger charge is -2.25. The first-order valence-electron chi connectivity index (χ1n) is 6.16. The molecule has 2 N–H and O–H groups in total. The summed E-state index contributed by atoms with van der Waals surface area (Å²) in [6, 6.07) is 1.11. The molecule has 0 heterocycles. The third-order valence-corrected chi connectivity index (χ3v) is 5.54. The van der Waals surface area contributed by atoms with E-state index in [-0.39, 0.29) is 0 Å². The van der Waals surface area contributed by atoms with Gasteiger partial charge in [0.05, 0.1) is 0 Å². The molecule has 0 aliphatic heterocycles. The third kappa shape index (κ3) is 7.96. The van der Waals surface area contributed by atoms with Crippen molar-refractivity contribution in [2.75, 3.05) is 19.8 Å². The second-order valence-corrected chi connectivity index (χ2v) is 7.30. The Kier molecular flexibility index (Phi) is 9.39. The fourth-order valence-electron chi connectivity index (χ4n) is 1.74. The van der Waals surface area contributed by atoms with Crippen molar-refractivity contribution in [2.45, 2.75) is 52.1 Å². The highest BCUT2D eigenvalue weighted by Gasteiger charge is 2.29. The van der Waals surface area contributed by atoms with Gasteiger partial charge in [0, 0.05) is 13.2 Å². The Morgan fingerprint density at radius 1 is 0.933 bits per heavy atom. The first kappa shape index (κ1) is 15.1. The van der Waals surface area contributed by atoms with Gasteiger partial charge in [-0.15, -0.1) is 0 Å². The molecule has 92 valence electrons. The summed E-state index contributed by atoms with van der Waals surface area (Å²) in [5.41, 5.74) is 5.45. The molecule has 4 heteroatoms. The van der Waals surface area contributed by atoms with E-state index in [4.69, 9.17) is 14.6 Å². The highest BCUT2D eigenvalue weighted by atomic mass is 28.4. The molecule has 0 aliphatic rings. The van der Waals surface area contributed by atoms with Crippen molar-refractivity contribution in [2.24, 2.45) is 5.73 Å². The molecule has 0 atom stereocenters. The largest absolute Gasteiger partial charge is 0.395 e. The van der Waals surface area contributed by atoms with Crippen LogP contribution in [0.25, 0.3) is 0 Å². The van der Waals surface area contributed by atoms with Crippen molar-refractivity contribution in [3.05, 3.63) is 0 Å². The first-order chi connectivity index (χ1) is 7.18. The molecule has 0 spiro atoms. The molecule has 0 saturated carbocycles. The zero-order valence-electron chi connectivity index (χ0n) is 10.6. The molecule has 0 rings (SSSR count). The van der Waals surface area contributed by atoms with Crippen LogP contribution in [-0.2, 0) is 8.85 Å². The van der Waals surface area contributed by atoms with E-state index in [1.165, 1.54) is 19.3 Å². The molecule has 0 bridgehead atoms. The predicted molar refractivity (Wildman–Crippen MR) is 67.2 cm³/mol. The van der Waals surface area contributed by atoms with Crippen LogP contribution in [0, 0.1) is 0 Å². The number of rotatable bonds is 10. The van der Waals surface area contributed by atoms with Crippen LogP contribution >= 0.6 is 0 Å². The van der Waals surface area contributed by atoms with E-state index in [2.05, 4.69) is 6.55 Å². The minimum Gasteiger partial charge on any atom is -0.395 e. The summed E-state index contributed by atoms with van der Waals surface area (Å²) in [6.07, 6.45) is 4.84. The molecule has 0 radical (unpaired) electrons. The summed E-state index contributed by atoms with van der Waals surface area (Å²) in [5.74, 6) is 0. The van der Waals surface area contributed by atoms with E-state index < -0.39 is 8.56 Å². The van der Waals surface area contributed by atoms with Gasteiger partial charge >= 0.3 is 8.56 Å². The monoisotopic (exact) mass is 233 g/mol. The molecule has 0 amide bonds. The van der Waals surface area contributed by atoms with E-state index in [9.17, 15) is 0 Å². The summed E-state index contributed by atoms with van der Waals surface area (Å²) in [5, 5.41) is 0. The lowest BCUT2D eigenvalue weighted by atomic mass is 10.2. The molecular formula is C11H27NO2Si. The molecule has 0 aromatic heterocycles. The van der Waals surface area contributed by atoms with Crippen molar-refractivity contribution >= 4 is 8.56 Å². The zero-order valence-corrected chi connectivity index (χ0v) is 11.6. The first-order valence-corrected chi connectivity index (χ1v) is 8.69. The second kappa shape index (κ2) is 9.33. The maximum absolute atomic E-state index is 5.77. The Morgan fingerprint density at radius 2 is 1.47 bits per heavy atom. The summed E-state index contributed by atoms with van der Waals surface area (Å²) >= 11 is 0. The van der Waals surface area contributed by atoms with Gasteiger partial charge < -0.3 is 14.6 Å². The van der Waals surface area contributed by atoms with Crippen molar-refractivity contribution in [3.8, 4) is 0 Å². The van der Waals surface area contributed by atoms with Crippen LogP contribution in [0.5, 0.6) is 0 Å². The Morgan fingerprint density at radius 3 is 1.93 bits per heavy atom. The number of hydrogen-bond acceptors (Lipinski definition) is 3. The second-order valence-electron chi connectivity index (χ2n) is 3.95. The van der Waals surface area contributed by atoms with Gasteiger partial charge in [-0.05, 0) is 39.4 Å². The van der Waals surface area contributed by atoms with E-state index in [1.807, 2.05) is 13.8 Å². The van der Waals surface area contributed by atoms with Gasteiger partial charge in [-0.2, -0.15) is 0 Å². The lowest BCUT2D eigenvalue weighted by molar-refractivity contribution is 0.188. The quantitative estimate of drug-likeness (QED) is 0.466. The highest BCUT2D eigenvalue weighted by molar-refractivity contribution is 6.66. The van der Waals surface area contributed by atoms with Crippen molar-refractivity contribution in [1.82, 2.24) is 0 Å². The topological polar surface area (TPSA) is 44.5 Å². The normalized spacial score (nSPS) is 12.0. The maximum atomic E-state index is 5.77. The van der Waals surface area contributed by atoms with Crippen LogP contribution in [0.2, 0.25) is 12.6 Å². The van der Waals surface area contributed by atoms with Gasteiger partial charge in [0.15, 0.2) is 0 Å². The summed E-state index contributed by atoms with van der Waals surface area (Å²) in [7, 11) is -1.84. The Bertz CT molecular complexity index is 139. The number of nitrogens with two attached hydrogens (primary N) is 1. The third-order valence-electron chi connectivity index (χ3n) is 2.48. The van der Waals surface area contributed by atoms with E-state index in [0.29, 0.717) is 0 Å². The van der Waals surface area contributed by atoms with Gasteiger partial charge in [0.1, 0.15) is 0 Å². The molecule has 0 aliphatic carbocycles. The summed E-state index contributed by atoms with van der Waals surface area (Å²) < 4.78 is 11.5. The average Bonchev–Trinajstić information content (AvgIpc) is 2.18. The van der Waals surface area contributed by atoms with Crippen molar-refractivity contribution in [1.29, 1.82) is 0 Å². The Labute approximate surface area is 95.6 Å². The molecule has 0 saturated heterocycles. The van der Waals surface area contributed by atoms with Crippen LogP contribution in [0.4, 0.5) is 0 Å². The van der Waals surface area contributed by atoms with Crippen LogP contribution in [-0.4, -0.2) is 28.3 Å². The molecule has 0 fully saturated rings. The van der Waals surface area contributed by atoms with Gasteiger partial charge in [0.2, 0.25) is 0 Å². The smallest absolute Gasteiger partial charge is 0.334 e. The molecule has 0 aromatic carbocycles. The summed E-state index contributed by atoms with van der Waals surface area (Å²) in [6.45, 7) is 8.60. The summed E-state index contributed by atoms with van der Waals surface area (Å²) in [4.78, 5) is 0. The number of hydrogen-bond donors (Lipinski definition) is 1. The minimum absolute atomic E-state index is 0.769. The average molecular weight is 233 g/mol. The maximum Gasteiger partial charge on any atom is 0.334 e. The van der Waals surface area contributed by atoms with Gasteiger partial charge in [0.25, 0.3) is 0 Å². The molecular weight excluding hydrogens is 206 g/mol. The molecule has 15 heavy (non-hydrogen) atoms. The highest BCUT2D eigenvalue weighted by Crippen LogP contribution is 2.18. The number of unbranched alkanes of at least 4 members (excludes halogenated alkanes) is 3. The van der Waals surface area contributed by atoms with Crippen LogP contribution < -0.4 is 5.73 Å². The van der Waals surface area contributed by atoms with Crippen LogP contribution in [0.15, 0.2) is 0 Å². The van der Waals surface area contributed by atoms with E-state index in [1.54, 1.807) is 0 Å². The van der Waals surface area contributed by atoms with Crippen molar-refractivity contribution in [3.63, 3.8) is 0 Å². The van der Waals surface area contributed by atoms with Gasteiger partial charge in [-0.25, -0.2) is 0 Å². The van der Waals surface area contributed by atoms with Gasteiger partial charge in [-0.1, -0.05) is 19.3 Å². The standard InChI is InChI=1S/C11H27NO2Si/c1-4-13-15(3,14-5-2)11-9-7-6-8-10-12/h4-12H2,1-3H3. The van der Waals surface area contributed by atoms with Crippen molar-refractivity contribution < 1.29 is 8.85 Å². The SMILES string of the molecule is CCO[Si](C)(CCCCCCN)OCC. The Balaban J connectivity index is 3.65. The van der Waals surface area contributed by atoms with E-state index in [0.717, 1.165) is 32.2 Å². The molecule has 3 nitrogen and oxygen atoms in total. The zero-order chi connectivity index (χ0) is 11.6. The Hall–Kier alpha value is 0.0969. The fraction of sp³-hybridized carbons (Fsp3) is 1.00.